The number of ether oxygens (including phenoxy) is 3. The molecular weight excluding hydrogens is 386 g/mol. The van der Waals surface area contributed by atoms with E-state index in [0.29, 0.717) is 29.3 Å². The van der Waals surface area contributed by atoms with Gasteiger partial charge in [0.1, 0.15) is 5.76 Å². The molecule has 1 aromatic heterocycles. The minimum Gasteiger partial charge on any atom is -0.493 e. The number of benzene rings is 2. The second-order valence-corrected chi connectivity index (χ2v) is 6.72. The highest BCUT2D eigenvalue weighted by atomic mass is 16.5. The summed E-state index contributed by atoms with van der Waals surface area (Å²) in [4.78, 5) is 23.4. The van der Waals surface area contributed by atoms with Crippen LogP contribution < -0.4 is 10.1 Å². The first-order chi connectivity index (χ1) is 14.5. The van der Waals surface area contributed by atoms with E-state index in [1.807, 2.05) is 37.3 Å². The average molecular weight is 411 g/mol. The standard InChI is InChI=1S/C23H25NO6/c1-4-5-10-29-23(26)24-14-19-12-18-11-17(13-20(27-2)21(18)30-19)15-6-8-16(9-7-15)22(25)28-3/h6-9,11-13H,4-5,10,14H2,1-3H3,(H,24,26). The third-order valence-corrected chi connectivity index (χ3v) is 4.63. The first-order valence-corrected chi connectivity index (χ1v) is 9.75. The Morgan fingerprint density at radius 2 is 1.80 bits per heavy atom. The van der Waals surface area contributed by atoms with Crippen molar-refractivity contribution in [2.24, 2.45) is 0 Å². The molecule has 3 rings (SSSR count). The van der Waals surface area contributed by atoms with Gasteiger partial charge in [-0.1, -0.05) is 25.5 Å². The highest BCUT2D eigenvalue weighted by Crippen LogP contribution is 2.34. The molecule has 1 heterocycles. The first kappa shape index (κ1) is 21.2. The molecule has 0 saturated heterocycles. The van der Waals surface area contributed by atoms with Crippen molar-refractivity contribution in [2.75, 3.05) is 20.8 Å². The summed E-state index contributed by atoms with van der Waals surface area (Å²) >= 11 is 0. The number of methoxy groups -OCH3 is 2. The van der Waals surface area contributed by atoms with Gasteiger partial charge in [-0.3, -0.25) is 0 Å². The van der Waals surface area contributed by atoms with E-state index in [1.54, 1.807) is 19.2 Å². The van der Waals surface area contributed by atoms with Gasteiger partial charge in [-0.15, -0.1) is 0 Å². The molecule has 7 heteroatoms. The first-order valence-electron chi connectivity index (χ1n) is 9.75. The summed E-state index contributed by atoms with van der Waals surface area (Å²) in [6.45, 7) is 2.64. The van der Waals surface area contributed by atoms with Crippen molar-refractivity contribution < 1.29 is 28.2 Å². The Bertz CT molecular complexity index is 1020. The van der Waals surface area contributed by atoms with E-state index in [0.717, 1.165) is 29.4 Å². The van der Waals surface area contributed by atoms with Gasteiger partial charge >= 0.3 is 12.1 Å². The van der Waals surface area contributed by atoms with Gasteiger partial charge in [-0.25, -0.2) is 9.59 Å². The van der Waals surface area contributed by atoms with Crippen molar-refractivity contribution in [2.45, 2.75) is 26.3 Å². The SMILES string of the molecule is CCCCOC(=O)NCc1cc2cc(-c3ccc(C(=O)OC)cc3)cc(OC)c2o1. The molecule has 0 spiro atoms. The van der Waals surface area contributed by atoms with E-state index < -0.39 is 6.09 Å². The van der Waals surface area contributed by atoms with Crippen molar-refractivity contribution in [3.8, 4) is 16.9 Å². The van der Waals surface area contributed by atoms with Crippen LogP contribution in [0.2, 0.25) is 0 Å². The lowest BCUT2D eigenvalue weighted by atomic mass is 10.0. The molecule has 0 aliphatic carbocycles. The van der Waals surface area contributed by atoms with Crippen LogP contribution in [0.3, 0.4) is 0 Å². The average Bonchev–Trinajstić information content (AvgIpc) is 3.20. The smallest absolute Gasteiger partial charge is 0.407 e. The normalized spacial score (nSPS) is 10.6. The fourth-order valence-corrected chi connectivity index (χ4v) is 3.02. The maximum absolute atomic E-state index is 11.7. The lowest BCUT2D eigenvalue weighted by Crippen LogP contribution is -2.23. The topological polar surface area (TPSA) is 87.0 Å². The number of nitrogens with one attached hydrogen (secondary N) is 1. The molecule has 0 atom stereocenters. The van der Waals surface area contributed by atoms with Crippen molar-refractivity contribution in [3.05, 3.63) is 53.8 Å². The molecule has 0 bridgehead atoms. The number of furan rings is 1. The lowest BCUT2D eigenvalue weighted by molar-refractivity contribution is 0.0600. The molecular formula is C23H25NO6. The molecule has 3 aromatic rings. The van der Waals surface area contributed by atoms with Gasteiger partial charge in [-0.2, -0.15) is 0 Å². The summed E-state index contributed by atoms with van der Waals surface area (Å²) in [5, 5.41) is 3.53. The van der Waals surface area contributed by atoms with E-state index in [2.05, 4.69) is 5.32 Å². The van der Waals surface area contributed by atoms with Gasteiger partial charge in [0.2, 0.25) is 0 Å². The van der Waals surface area contributed by atoms with Crippen molar-refractivity contribution in [3.63, 3.8) is 0 Å². The Balaban J connectivity index is 1.80. The predicted octanol–water partition coefficient (Wildman–Crippen LogP) is 4.92. The zero-order chi connectivity index (χ0) is 21.5. The van der Waals surface area contributed by atoms with Crippen LogP contribution in [0, 0.1) is 0 Å². The third kappa shape index (κ3) is 4.92. The maximum atomic E-state index is 11.7. The fraction of sp³-hybridized carbons (Fsp3) is 0.304. The molecule has 7 nitrogen and oxygen atoms in total. The predicted molar refractivity (Wildman–Crippen MR) is 113 cm³/mol. The largest absolute Gasteiger partial charge is 0.493 e. The van der Waals surface area contributed by atoms with Gasteiger partial charge in [0.05, 0.1) is 32.9 Å². The highest BCUT2D eigenvalue weighted by molar-refractivity contribution is 5.92. The summed E-state index contributed by atoms with van der Waals surface area (Å²) in [6.07, 6.45) is 1.32. The summed E-state index contributed by atoms with van der Waals surface area (Å²) in [5.74, 6) is 0.792. The highest BCUT2D eigenvalue weighted by Gasteiger charge is 2.14. The van der Waals surface area contributed by atoms with E-state index in [4.69, 9.17) is 18.6 Å². The van der Waals surface area contributed by atoms with Gasteiger partial charge < -0.3 is 23.9 Å². The molecule has 0 aliphatic rings. The van der Waals surface area contributed by atoms with Crippen LogP contribution in [-0.4, -0.2) is 32.9 Å². The Kier molecular flexibility index (Phi) is 6.95. The summed E-state index contributed by atoms with van der Waals surface area (Å²) in [7, 11) is 2.93. The third-order valence-electron chi connectivity index (χ3n) is 4.63. The van der Waals surface area contributed by atoms with Crippen LogP contribution in [0.25, 0.3) is 22.1 Å². The van der Waals surface area contributed by atoms with Crippen LogP contribution in [0.5, 0.6) is 5.75 Å². The Hall–Kier alpha value is -3.48. The summed E-state index contributed by atoms with van der Waals surface area (Å²) in [6, 6.07) is 12.8. The van der Waals surface area contributed by atoms with E-state index >= 15 is 0 Å². The second kappa shape index (κ2) is 9.82. The van der Waals surface area contributed by atoms with Crippen molar-refractivity contribution in [1.29, 1.82) is 0 Å². The Morgan fingerprint density at radius 1 is 1.03 bits per heavy atom. The molecule has 0 aliphatic heterocycles. The number of esters is 1. The van der Waals surface area contributed by atoms with E-state index in [-0.39, 0.29) is 12.5 Å². The molecule has 0 fully saturated rings. The second-order valence-electron chi connectivity index (χ2n) is 6.72. The van der Waals surface area contributed by atoms with Gasteiger partial charge in [-0.05, 0) is 47.9 Å². The van der Waals surface area contributed by atoms with Crippen LogP contribution >= 0.6 is 0 Å². The number of hydrogen-bond acceptors (Lipinski definition) is 6. The van der Waals surface area contributed by atoms with Crippen LogP contribution in [0.15, 0.2) is 46.9 Å². The maximum Gasteiger partial charge on any atom is 0.407 e. The number of carbonyl (C=O) groups is 2. The molecule has 158 valence electrons. The molecule has 30 heavy (non-hydrogen) atoms. The zero-order valence-corrected chi connectivity index (χ0v) is 17.3. The molecule has 1 amide bonds. The molecule has 0 saturated carbocycles. The van der Waals surface area contributed by atoms with Gasteiger partial charge in [0.25, 0.3) is 0 Å². The van der Waals surface area contributed by atoms with Crippen LogP contribution in [0.4, 0.5) is 4.79 Å². The minimum atomic E-state index is -0.470. The van der Waals surface area contributed by atoms with Crippen LogP contribution in [0.1, 0.15) is 35.9 Å². The summed E-state index contributed by atoms with van der Waals surface area (Å²) < 4.78 is 21.2. The lowest BCUT2D eigenvalue weighted by Gasteiger charge is -2.07. The number of unbranched alkanes of at least 4 members (excludes halogenated alkanes) is 1. The number of alkyl carbamates (subject to hydrolysis) is 1. The number of hydrogen-bond donors (Lipinski definition) is 1. The van der Waals surface area contributed by atoms with E-state index in [1.165, 1.54) is 7.11 Å². The Morgan fingerprint density at radius 3 is 2.47 bits per heavy atom. The summed E-state index contributed by atoms with van der Waals surface area (Å²) in [5.41, 5.74) is 2.92. The molecule has 1 N–H and O–H groups in total. The quantitative estimate of drug-likeness (QED) is 0.418. The number of fused-ring (bicyclic) bond motifs is 1. The van der Waals surface area contributed by atoms with Crippen molar-refractivity contribution >= 4 is 23.0 Å². The van der Waals surface area contributed by atoms with Crippen LogP contribution in [-0.2, 0) is 16.0 Å². The van der Waals surface area contributed by atoms with Gasteiger partial charge in [0.15, 0.2) is 11.3 Å². The Labute approximate surface area is 174 Å². The van der Waals surface area contributed by atoms with Crippen molar-refractivity contribution in [1.82, 2.24) is 5.32 Å². The number of rotatable bonds is 8. The minimum absolute atomic E-state index is 0.214. The molecule has 2 aromatic carbocycles. The monoisotopic (exact) mass is 411 g/mol. The molecule has 0 radical (unpaired) electrons. The van der Waals surface area contributed by atoms with Gasteiger partial charge in [0, 0.05) is 5.39 Å². The number of amides is 1. The fourth-order valence-electron chi connectivity index (χ4n) is 3.02. The molecule has 0 unspecified atom stereocenters. The zero-order valence-electron chi connectivity index (χ0n) is 17.3. The van der Waals surface area contributed by atoms with E-state index in [9.17, 15) is 9.59 Å². The number of carbonyl (C=O) groups excluding carboxylic acids is 2.